The van der Waals surface area contributed by atoms with Crippen molar-refractivity contribution in [3.63, 3.8) is 0 Å². The third kappa shape index (κ3) is 2.30. The number of nitrogen functional groups attached to an aromatic ring is 1. The average molecular weight is 228 g/mol. The monoisotopic (exact) mass is 228 g/mol. The van der Waals surface area contributed by atoms with Crippen molar-refractivity contribution < 1.29 is 0 Å². The Balaban J connectivity index is 1.67. The van der Waals surface area contributed by atoms with Gasteiger partial charge in [0.05, 0.1) is 0 Å². The summed E-state index contributed by atoms with van der Waals surface area (Å²) in [5.41, 5.74) is 7.77. The predicted octanol–water partition coefficient (Wildman–Crippen LogP) is 1.98. The third-order valence-electron chi connectivity index (χ3n) is 3.20. The van der Waals surface area contributed by atoms with Crippen LogP contribution < -0.4 is 5.73 Å². The van der Waals surface area contributed by atoms with Gasteiger partial charge in [-0.05, 0) is 37.0 Å². The second-order valence-electron chi connectivity index (χ2n) is 4.63. The van der Waals surface area contributed by atoms with Gasteiger partial charge in [-0.3, -0.25) is 0 Å². The van der Waals surface area contributed by atoms with Gasteiger partial charge in [-0.1, -0.05) is 12.1 Å². The maximum Gasteiger partial charge on any atom is 0.133 e. The van der Waals surface area contributed by atoms with Crippen LogP contribution in [0.3, 0.4) is 0 Å². The molecule has 4 heteroatoms. The number of aryl methyl sites for hydroxylation is 2. The molecule has 1 aliphatic rings. The van der Waals surface area contributed by atoms with Crippen molar-refractivity contribution in [3.8, 4) is 0 Å². The summed E-state index contributed by atoms with van der Waals surface area (Å²) in [6, 6.07) is 8.70. The SMILES string of the molecule is Nc1ccc(CCc2nncn2C2CC2)cc1. The molecule has 0 atom stereocenters. The van der Waals surface area contributed by atoms with Crippen molar-refractivity contribution in [1.29, 1.82) is 0 Å². The van der Waals surface area contributed by atoms with E-state index in [-0.39, 0.29) is 0 Å². The Bertz CT molecular complexity index is 496. The van der Waals surface area contributed by atoms with Gasteiger partial charge in [-0.15, -0.1) is 10.2 Å². The van der Waals surface area contributed by atoms with Crippen LogP contribution in [0.1, 0.15) is 30.3 Å². The molecule has 1 aromatic carbocycles. The molecule has 3 rings (SSSR count). The lowest BCUT2D eigenvalue weighted by Gasteiger charge is -2.04. The number of benzene rings is 1. The van der Waals surface area contributed by atoms with Gasteiger partial charge in [0, 0.05) is 18.2 Å². The number of nitrogens with two attached hydrogens (primary N) is 1. The lowest BCUT2D eigenvalue weighted by molar-refractivity contribution is 0.673. The molecule has 4 nitrogen and oxygen atoms in total. The van der Waals surface area contributed by atoms with Crippen LogP contribution in [0.25, 0.3) is 0 Å². The maximum absolute atomic E-state index is 5.66. The first-order valence-corrected chi connectivity index (χ1v) is 6.06. The van der Waals surface area contributed by atoms with E-state index in [0.29, 0.717) is 6.04 Å². The van der Waals surface area contributed by atoms with Gasteiger partial charge in [-0.2, -0.15) is 0 Å². The van der Waals surface area contributed by atoms with Crippen LogP contribution >= 0.6 is 0 Å². The van der Waals surface area contributed by atoms with Gasteiger partial charge < -0.3 is 10.3 Å². The van der Waals surface area contributed by atoms with Crippen LogP contribution in [-0.4, -0.2) is 14.8 Å². The fourth-order valence-corrected chi connectivity index (χ4v) is 2.04. The summed E-state index contributed by atoms with van der Waals surface area (Å²) in [5, 5.41) is 8.20. The standard InChI is InChI=1S/C13H16N4/c14-11-4-1-10(2-5-11)3-8-13-16-15-9-17(13)12-6-7-12/h1-2,4-5,9,12H,3,6-8,14H2. The zero-order chi connectivity index (χ0) is 11.7. The first-order chi connectivity index (χ1) is 8.33. The minimum Gasteiger partial charge on any atom is -0.399 e. The molecular weight excluding hydrogens is 212 g/mol. The minimum absolute atomic E-state index is 0.659. The van der Waals surface area contributed by atoms with Crippen molar-refractivity contribution in [2.24, 2.45) is 0 Å². The van der Waals surface area contributed by atoms with E-state index in [2.05, 4.69) is 26.9 Å². The normalized spacial score (nSPS) is 15.1. The number of anilines is 1. The topological polar surface area (TPSA) is 56.7 Å². The van der Waals surface area contributed by atoms with E-state index in [1.807, 2.05) is 18.5 Å². The molecule has 1 saturated carbocycles. The zero-order valence-electron chi connectivity index (χ0n) is 9.71. The Hall–Kier alpha value is -1.84. The Morgan fingerprint density at radius 3 is 2.65 bits per heavy atom. The Kier molecular flexibility index (Phi) is 2.55. The molecule has 0 unspecified atom stereocenters. The van der Waals surface area contributed by atoms with Crippen LogP contribution in [0.15, 0.2) is 30.6 Å². The van der Waals surface area contributed by atoms with Crippen LogP contribution in [0, 0.1) is 0 Å². The first-order valence-electron chi connectivity index (χ1n) is 6.06. The lowest BCUT2D eigenvalue weighted by Crippen LogP contribution is -2.02. The fourth-order valence-electron chi connectivity index (χ4n) is 2.04. The average Bonchev–Trinajstić information content (AvgIpc) is 3.08. The van der Waals surface area contributed by atoms with Crippen LogP contribution in [0.4, 0.5) is 5.69 Å². The van der Waals surface area contributed by atoms with Crippen molar-refractivity contribution in [2.75, 3.05) is 5.73 Å². The van der Waals surface area contributed by atoms with E-state index < -0.39 is 0 Å². The quantitative estimate of drug-likeness (QED) is 0.814. The second kappa shape index (κ2) is 4.20. The summed E-state index contributed by atoms with van der Waals surface area (Å²) < 4.78 is 2.22. The van der Waals surface area contributed by atoms with Gasteiger partial charge in [0.15, 0.2) is 0 Å². The summed E-state index contributed by atoms with van der Waals surface area (Å²) in [6.07, 6.45) is 6.34. The Morgan fingerprint density at radius 2 is 1.94 bits per heavy atom. The molecule has 17 heavy (non-hydrogen) atoms. The molecule has 1 heterocycles. The molecule has 1 aliphatic carbocycles. The van der Waals surface area contributed by atoms with Crippen LogP contribution in [-0.2, 0) is 12.8 Å². The smallest absolute Gasteiger partial charge is 0.133 e. The largest absolute Gasteiger partial charge is 0.399 e. The number of hydrogen-bond donors (Lipinski definition) is 1. The van der Waals surface area contributed by atoms with Crippen molar-refractivity contribution in [1.82, 2.24) is 14.8 Å². The molecule has 1 fully saturated rings. The van der Waals surface area contributed by atoms with Crippen molar-refractivity contribution in [3.05, 3.63) is 42.0 Å². The highest BCUT2D eigenvalue weighted by Crippen LogP contribution is 2.35. The van der Waals surface area contributed by atoms with Crippen molar-refractivity contribution >= 4 is 5.69 Å². The summed E-state index contributed by atoms with van der Waals surface area (Å²) in [7, 11) is 0. The van der Waals surface area contributed by atoms with Gasteiger partial charge in [0.25, 0.3) is 0 Å². The Labute approximate surface area is 100 Å². The van der Waals surface area contributed by atoms with E-state index in [1.54, 1.807) is 0 Å². The van der Waals surface area contributed by atoms with Gasteiger partial charge in [0.2, 0.25) is 0 Å². The number of rotatable bonds is 4. The summed E-state index contributed by atoms with van der Waals surface area (Å²) >= 11 is 0. The van der Waals surface area contributed by atoms with Gasteiger partial charge >= 0.3 is 0 Å². The predicted molar refractivity (Wildman–Crippen MR) is 66.6 cm³/mol. The summed E-state index contributed by atoms with van der Waals surface area (Å²) in [5.74, 6) is 1.10. The van der Waals surface area contributed by atoms with Crippen molar-refractivity contribution in [2.45, 2.75) is 31.7 Å². The highest BCUT2D eigenvalue weighted by atomic mass is 15.3. The third-order valence-corrected chi connectivity index (χ3v) is 3.20. The molecule has 88 valence electrons. The maximum atomic E-state index is 5.66. The second-order valence-corrected chi connectivity index (χ2v) is 4.63. The lowest BCUT2D eigenvalue weighted by atomic mass is 10.1. The molecular formula is C13H16N4. The number of aromatic nitrogens is 3. The van der Waals surface area contributed by atoms with E-state index in [4.69, 9.17) is 5.73 Å². The van der Waals surface area contributed by atoms with Gasteiger partial charge in [-0.25, -0.2) is 0 Å². The molecule has 0 bridgehead atoms. The molecule has 2 N–H and O–H groups in total. The molecule has 2 aromatic rings. The van der Waals surface area contributed by atoms with E-state index in [1.165, 1.54) is 18.4 Å². The fraction of sp³-hybridized carbons (Fsp3) is 0.385. The molecule has 1 aromatic heterocycles. The summed E-state index contributed by atoms with van der Waals surface area (Å²) in [4.78, 5) is 0. The Morgan fingerprint density at radius 1 is 1.18 bits per heavy atom. The number of hydrogen-bond acceptors (Lipinski definition) is 3. The molecule has 0 aliphatic heterocycles. The highest BCUT2D eigenvalue weighted by molar-refractivity contribution is 5.39. The first kappa shape index (κ1) is 10.3. The van der Waals surface area contributed by atoms with E-state index in [0.717, 1.165) is 24.4 Å². The minimum atomic E-state index is 0.659. The molecule has 0 amide bonds. The van der Waals surface area contributed by atoms with E-state index >= 15 is 0 Å². The summed E-state index contributed by atoms with van der Waals surface area (Å²) in [6.45, 7) is 0. The highest BCUT2D eigenvalue weighted by Gasteiger charge is 2.25. The zero-order valence-corrected chi connectivity index (χ0v) is 9.71. The number of nitrogens with zero attached hydrogens (tertiary/aromatic N) is 3. The molecule has 0 spiro atoms. The van der Waals surface area contributed by atoms with Crippen LogP contribution in [0.5, 0.6) is 0 Å². The van der Waals surface area contributed by atoms with E-state index in [9.17, 15) is 0 Å². The van der Waals surface area contributed by atoms with Gasteiger partial charge in [0.1, 0.15) is 12.2 Å². The molecule has 0 radical (unpaired) electrons. The van der Waals surface area contributed by atoms with Crippen LogP contribution in [0.2, 0.25) is 0 Å². The molecule has 0 saturated heterocycles.